The van der Waals surface area contributed by atoms with Crippen molar-refractivity contribution in [1.29, 1.82) is 0 Å². The van der Waals surface area contributed by atoms with Crippen molar-refractivity contribution in [3.8, 4) is 11.4 Å². The lowest BCUT2D eigenvalue weighted by atomic mass is 10.2. The van der Waals surface area contributed by atoms with E-state index < -0.39 is 0 Å². The summed E-state index contributed by atoms with van der Waals surface area (Å²) in [5.74, 6) is 0.996. The largest absolute Gasteiger partial charge is 0.329 e. The van der Waals surface area contributed by atoms with Crippen LogP contribution in [0.25, 0.3) is 11.4 Å². The highest BCUT2D eigenvalue weighted by atomic mass is 15.0. The van der Waals surface area contributed by atoms with E-state index in [0.29, 0.717) is 0 Å². The maximum absolute atomic E-state index is 4.41. The Balaban J connectivity index is 2.53. The molecule has 0 N–H and O–H groups in total. The van der Waals surface area contributed by atoms with Gasteiger partial charge >= 0.3 is 5.82 Å². The Hall–Kier alpha value is -1.70. The van der Waals surface area contributed by atoms with Gasteiger partial charge in [0.05, 0.1) is 18.8 Å². The van der Waals surface area contributed by atoms with Crippen LogP contribution in [0.15, 0.2) is 42.7 Å². The Morgan fingerprint density at radius 1 is 1.14 bits per heavy atom. The monoisotopic (exact) mass is 185 g/mol. The number of rotatable bonds is 1. The van der Waals surface area contributed by atoms with Crippen LogP contribution in [-0.4, -0.2) is 4.98 Å². The van der Waals surface area contributed by atoms with E-state index in [1.807, 2.05) is 42.9 Å². The molecule has 0 fully saturated rings. The number of hydrogen-bond donors (Lipinski definition) is 0. The first-order valence-electron chi connectivity index (χ1n) is 4.65. The minimum absolute atomic E-state index is 0.996. The van der Waals surface area contributed by atoms with Crippen LogP contribution in [0, 0.1) is 6.92 Å². The van der Waals surface area contributed by atoms with E-state index in [1.54, 1.807) is 0 Å². The molecule has 0 saturated heterocycles. The van der Waals surface area contributed by atoms with Crippen LogP contribution in [0.5, 0.6) is 0 Å². The minimum atomic E-state index is 0.996. The highest BCUT2D eigenvalue weighted by Gasteiger charge is 2.10. The second kappa shape index (κ2) is 3.58. The van der Waals surface area contributed by atoms with Gasteiger partial charge in [0.15, 0.2) is 0 Å². The van der Waals surface area contributed by atoms with Gasteiger partial charge in [-0.3, -0.25) is 0 Å². The molecule has 0 aliphatic heterocycles. The van der Waals surface area contributed by atoms with Gasteiger partial charge in [0.2, 0.25) is 0 Å². The van der Waals surface area contributed by atoms with Crippen LogP contribution in [-0.2, 0) is 7.05 Å². The molecule has 70 valence electrons. The maximum Gasteiger partial charge on any atom is 0.329 e. The molecule has 0 bridgehead atoms. The first-order chi connectivity index (χ1) is 6.77. The molecule has 0 spiro atoms. The van der Waals surface area contributed by atoms with E-state index in [0.717, 1.165) is 11.4 Å². The second-order valence-electron chi connectivity index (χ2n) is 3.43. The molecule has 1 heterocycles. The predicted molar refractivity (Wildman–Crippen MR) is 55.6 cm³/mol. The lowest BCUT2D eigenvalue weighted by Gasteiger charge is -1.98. The average Bonchev–Trinajstić information content (AvgIpc) is 2.19. The third kappa shape index (κ3) is 1.64. The average molecular weight is 185 g/mol. The van der Waals surface area contributed by atoms with E-state index in [9.17, 15) is 0 Å². The molecule has 0 atom stereocenters. The molecule has 0 unspecified atom stereocenters. The molecule has 1 aromatic carbocycles. The predicted octanol–water partition coefficient (Wildman–Crippen LogP) is 1.88. The summed E-state index contributed by atoms with van der Waals surface area (Å²) < 4.78 is 2.05. The highest BCUT2D eigenvalue weighted by molar-refractivity contribution is 5.51. The summed E-state index contributed by atoms with van der Waals surface area (Å²) in [6.07, 6.45) is 3.97. The Labute approximate surface area is 83.9 Å². The van der Waals surface area contributed by atoms with Crippen molar-refractivity contribution in [3.05, 3.63) is 48.3 Å². The van der Waals surface area contributed by atoms with E-state index >= 15 is 0 Å². The SMILES string of the molecule is Cc1cnc(-c2ccccc2)[n+](C)c1. The molecular formula is C12H13N2+. The zero-order valence-corrected chi connectivity index (χ0v) is 8.44. The molecule has 1 aromatic heterocycles. The lowest BCUT2D eigenvalue weighted by molar-refractivity contribution is -0.663. The van der Waals surface area contributed by atoms with Crippen molar-refractivity contribution in [3.63, 3.8) is 0 Å². The Morgan fingerprint density at radius 3 is 2.50 bits per heavy atom. The second-order valence-corrected chi connectivity index (χ2v) is 3.43. The van der Waals surface area contributed by atoms with Gasteiger partial charge in [-0.05, 0) is 24.0 Å². The van der Waals surface area contributed by atoms with Gasteiger partial charge in [-0.15, -0.1) is 0 Å². The van der Waals surface area contributed by atoms with Gasteiger partial charge < -0.3 is 0 Å². The Kier molecular flexibility index (Phi) is 2.27. The number of aromatic nitrogens is 2. The summed E-state index contributed by atoms with van der Waals surface area (Å²) in [5, 5.41) is 0. The molecule has 0 radical (unpaired) electrons. The molecular weight excluding hydrogens is 172 g/mol. The van der Waals surface area contributed by atoms with E-state index in [-0.39, 0.29) is 0 Å². The van der Waals surface area contributed by atoms with Gasteiger partial charge in [-0.25, -0.2) is 4.57 Å². The highest BCUT2D eigenvalue weighted by Crippen LogP contribution is 2.11. The van der Waals surface area contributed by atoms with Gasteiger partial charge in [-0.1, -0.05) is 18.2 Å². The molecule has 2 aromatic rings. The third-order valence-corrected chi connectivity index (χ3v) is 2.15. The lowest BCUT2D eigenvalue weighted by Crippen LogP contribution is -2.32. The van der Waals surface area contributed by atoms with E-state index in [4.69, 9.17) is 0 Å². The van der Waals surface area contributed by atoms with E-state index in [2.05, 4.69) is 23.3 Å². The maximum atomic E-state index is 4.41. The quantitative estimate of drug-likeness (QED) is 0.620. The van der Waals surface area contributed by atoms with Crippen molar-refractivity contribution in [2.45, 2.75) is 6.92 Å². The summed E-state index contributed by atoms with van der Waals surface area (Å²) in [7, 11) is 2.02. The Morgan fingerprint density at radius 2 is 1.86 bits per heavy atom. The summed E-state index contributed by atoms with van der Waals surface area (Å²) in [6, 6.07) is 10.2. The van der Waals surface area contributed by atoms with Gasteiger partial charge in [-0.2, -0.15) is 0 Å². The molecule has 2 heteroatoms. The fourth-order valence-corrected chi connectivity index (χ4v) is 1.52. The molecule has 0 amide bonds. The number of nitrogens with zero attached hydrogens (tertiary/aromatic N) is 2. The summed E-state index contributed by atoms with van der Waals surface area (Å²) in [6.45, 7) is 2.04. The summed E-state index contributed by atoms with van der Waals surface area (Å²) >= 11 is 0. The first kappa shape index (κ1) is 8.88. The van der Waals surface area contributed by atoms with Crippen molar-refractivity contribution < 1.29 is 4.57 Å². The van der Waals surface area contributed by atoms with Crippen LogP contribution in [0.1, 0.15) is 5.56 Å². The molecule has 2 nitrogen and oxygen atoms in total. The van der Waals surface area contributed by atoms with Crippen molar-refractivity contribution >= 4 is 0 Å². The zero-order valence-electron chi connectivity index (χ0n) is 8.44. The smallest absolute Gasteiger partial charge is 0.233 e. The number of aryl methyl sites for hydroxylation is 2. The Bertz CT molecular complexity index is 435. The molecule has 0 aliphatic rings. The van der Waals surface area contributed by atoms with Crippen LogP contribution < -0.4 is 4.57 Å². The van der Waals surface area contributed by atoms with Crippen LogP contribution >= 0.6 is 0 Å². The van der Waals surface area contributed by atoms with Crippen LogP contribution in [0.4, 0.5) is 0 Å². The zero-order chi connectivity index (χ0) is 9.97. The van der Waals surface area contributed by atoms with Gasteiger partial charge in [0.1, 0.15) is 6.20 Å². The van der Waals surface area contributed by atoms with Crippen LogP contribution in [0.2, 0.25) is 0 Å². The first-order valence-corrected chi connectivity index (χ1v) is 4.65. The summed E-state index contributed by atoms with van der Waals surface area (Å²) in [5.41, 5.74) is 2.32. The number of benzene rings is 1. The topological polar surface area (TPSA) is 16.8 Å². The molecule has 14 heavy (non-hydrogen) atoms. The molecule has 0 aliphatic carbocycles. The fourth-order valence-electron chi connectivity index (χ4n) is 1.52. The molecule has 2 rings (SSSR count). The normalized spacial score (nSPS) is 10.1. The molecule has 0 saturated carbocycles. The standard InChI is InChI=1S/C12H13N2/c1-10-8-13-12(14(2)9-10)11-6-4-3-5-7-11/h3-9H,1-2H3/q+1. The van der Waals surface area contributed by atoms with Gasteiger partial charge in [0.25, 0.3) is 0 Å². The van der Waals surface area contributed by atoms with Crippen LogP contribution in [0.3, 0.4) is 0 Å². The third-order valence-electron chi connectivity index (χ3n) is 2.15. The van der Waals surface area contributed by atoms with Crippen molar-refractivity contribution in [2.24, 2.45) is 7.05 Å². The van der Waals surface area contributed by atoms with Gasteiger partial charge in [0, 0.05) is 5.56 Å². The van der Waals surface area contributed by atoms with Crippen molar-refractivity contribution in [1.82, 2.24) is 4.98 Å². The van der Waals surface area contributed by atoms with Crippen molar-refractivity contribution in [2.75, 3.05) is 0 Å². The summed E-state index contributed by atoms with van der Waals surface area (Å²) in [4.78, 5) is 4.41. The van der Waals surface area contributed by atoms with E-state index in [1.165, 1.54) is 5.56 Å². The fraction of sp³-hybridized carbons (Fsp3) is 0.167. The minimum Gasteiger partial charge on any atom is -0.233 e. The number of hydrogen-bond acceptors (Lipinski definition) is 1.